The van der Waals surface area contributed by atoms with Crippen LogP contribution in [0, 0.1) is 17.8 Å². The fraction of sp³-hybridized carbons (Fsp3) is 0.759. The zero-order valence-corrected chi connectivity index (χ0v) is 23.7. The van der Waals surface area contributed by atoms with Gasteiger partial charge in [-0.2, -0.15) is 4.31 Å². The average molecular weight is 559 g/mol. The second kappa shape index (κ2) is 9.06. The van der Waals surface area contributed by atoms with Gasteiger partial charge in [0, 0.05) is 62.8 Å². The van der Waals surface area contributed by atoms with Crippen molar-refractivity contribution in [2.45, 2.75) is 87.1 Å². The maximum atomic E-state index is 13.6. The minimum absolute atomic E-state index is 0.0256. The molecule has 4 unspecified atom stereocenters. The van der Waals surface area contributed by atoms with Crippen molar-refractivity contribution in [1.29, 1.82) is 0 Å². The van der Waals surface area contributed by atoms with Crippen LogP contribution in [0.1, 0.15) is 63.4 Å². The second-order valence-corrected chi connectivity index (χ2v) is 15.6. The highest BCUT2D eigenvalue weighted by Gasteiger charge is 2.56. The molecule has 3 N–H and O–H groups in total. The van der Waals surface area contributed by atoms with Gasteiger partial charge in [-0.3, -0.25) is 0 Å². The average Bonchev–Trinajstić information content (AvgIpc) is 3.16. The molecule has 4 atom stereocenters. The number of anilines is 1. The van der Waals surface area contributed by atoms with E-state index in [1.54, 1.807) is 0 Å². The van der Waals surface area contributed by atoms with Crippen LogP contribution in [0.15, 0.2) is 24.3 Å². The first-order valence-electron chi connectivity index (χ1n) is 14.8. The molecule has 7 aliphatic rings. The van der Waals surface area contributed by atoms with Crippen LogP contribution in [-0.2, 0) is 15.6 Å². The van der Waals surface area contributed by atoms with E-state index in [1.807, 2.05) is 29.2 Å². The quantitative estimate of drug-likeness (QED) is 0.523. The van der Waals surface area contributed by atoms with Crippen molar-refractivity contribution in [1.82, 2.24) is 14.5 Å². The molecule has 8 rings (SSSR count). The Kier molecular flexibility index (Phi) is 6.05. The van der Waals surface area contributed by atoms with Gasteiger partial charge in [-0.1, -0.05) is 12.1 Å². The number of hydrogen-bond donors (Lipinski definition) is 3. The molecule has 0 aromatic heterocycles. The summed E-state index contributed by atoms with van der Waals surface area (Å²) < 4.78 is 25.2. The molecule has 7 fully saturated rings. The third-order valence-corrected chi connectivity index (χ3v) is 12.3. The van der Waals surface area contributed by atoms with Crippen LogP contribution in [0.3, 0.4) is 0 Å². The van der Waals surface area contributed by atoms with E-state index < -0.39 is 21.2 Å². The summed E-state index contributed by atoms with van der Waals surface area (Å²) in [5.41, 5.74) is 0.475. The molecule has 3 saturated heterocycles. The van der Waals surface area contributed by atoms with E-state index in [9.17, 15) is 23.4 Å². The lowest BCUT2D eigenvalue weighted by atomic mass is 9.52. The normalized spacial score (nSPS) is 41.7. The van der Waals surface area contributed by atoms with Crippen molar-refractivity contribution in [2.24, 2.45) is 17.8 Å². The topological polar surface area (TPSA) is 113 Å². The first-order valence-corrected chi connectivity index (χ1v) is 16.7. The van der Waals surface area contributed by atoms with Gasteiger partial charge in [0.15, 0.2) is 0 Å². The number of fused-ring (bicyclic) bond motifs is 2. The second-order valence-electron chi connectivity index (χ2n) is 13.6. The van der Waals surface area contributed by atoms with Gasteiger partial charge < -0.3 is 25.3 Å². The fourth-order valence-corrected chi connectivity index (χ4v) is 10.3. The van der Waals surface area contributed by atoms with Crippen LogP contribution in [0.25, 0.3) is 0 Å². The minimum Gasteiger partial charge on any atom is -0.390 e. The molecular weight excluding hydrogens is 516 g/mol. The molecule has 3 aliphatic heterocycles. The smallest absolute Gasteiger partial charge is 0.318 e. The van der Waals surface area contributed by atoms with E-state index in [0.717, 1.165) is 56.2 Å². The number of rotatable bonds is 4. The number of benzene rings is 1. The predicted octanol–water partition coefficient (Wildman–Crippen LogP) is 2.23. The van der Waals surface area contributed by atoms with E-state index in [4.69, 9.17) is 0 Å². The summed E-state index contributed by atoms with van der Waals surface area (Å²) in [7, 11) is -3.16. The van der Waals surface area contributed by atoms with Crippen molar-refractivity contribution in [3.63, 3.8) is 0 Å². The number of piperidine rings is 1. The third kappa shape index (κ3) is 4.55. The molecule has 0 radical (unpaired) electrons. The van der Waals surface area contributed by atoms with Gasteiger partial charge in [-0.15, -0.1) is 0 Å². The summed E-state index contributed by atoms with van der Waals surface area (Å²) in [5.74, 6) is 1.39. The van der Waals surface area contributed by atoms with Crippen LogP contribution in [0.4, 0.5) is 10.5 Å². The number of carbonyl (C=O) groups is 1. The maximum Gasteiger partial charge on any atom is 0.318 e. The molecule has 0 spiro atoms. The molecule has 9 nitrogen and oxygen atoms in total. The largest absolute Gasteiger partial charge is 0.390 e. The predicted molar refractivity (Wildman–Crippen MR) is 148 cm³/mol. The molecule has 1 aromatic carbocycles. The summed E-state index contributed by atoms with van der Waals surface area (Å²) in [4.78, 5) is 17.8. The Balaban J connectivity index is 0.997. The summed E-state index contributed by atoms with van der Waals surface area (Å²) in [6.07, 6.45) is 9.02. The van der Waals surface area contributed by atoms with Gasteiger partial charge in [-0.25, -0.2) is 13.2 Å². The van der Waals surface area contributed by atoms with Crippen LogP contribution >= 0.6 is 0 Å². The summed E-state index contributed by atoms with van der Waals surface area (Å²) in [6, 6.07) is 8.32. The van der Waals surface area contributed by atoms with Crippen molar-refractivity contribution < 1.29 is 23.4 Å². The van der Waals surface area contributed by atoms with Gasteiger partial charge in [-0.05, 0) is 80.4 Å². The van der Waals surface area contributed by atoms with E-state index in [-0.39, 0.29) is 24.2 Å². The standard InChI is InChI=1S/C29H42N4O5S/c1-39(37,38)32-10-8-31(9-11-32)23-4-2-22(3-5-23)29(36)17-24-6-7-25(18-29)33(24)27(34)30-26-20-12-19-13-21(26)16-28(35,14-19)15-20/h2-5,19-21,24-26,35-36H,6-18H2,1H3,(H,30,34). The van der Waals surface area contributed by atoms with Gasteiger partial charge in [0.25, 0.3) is 0 Å². The number of hydrogen-bond acceptors (Lipinski definition) is 6. The van der Waals surface area contributed by atoms with Crippen molar-refractivity contribution in [2.75, 3.05) is 37.3 Å². The van der Waals surface area contributed by atoms with Crippen LogP contribution < -0.4 is 10.2 Å². The molecule has 4 saturated carbocycles. The van der Waals surface area contributed by atoms with Crippen molar-refractivity contribution in [3.05, 3.63) is 29.8 Å². The summed E-state index contributed by atoms with van der Waals surface area (Å²) >= 11 is 0. The minimum atomic E-state index is -3.16. The Hall–Kier alpha value is -1.88. The number of nitrogens with zero attached hydrogens (tertiary/aromatic N) is 3. The molecule has 10 heteroatoms. The number of piperazine rings is 1. The van der Waals surface area contributed by atoms with Gasteiger partial charge >= 0.3 is 6.03 Å². The van der Waals surface area contributed by atoms with Crippen molar-refractivity contribution in [3.8, 4) is 0 Å². The zero-order chi connectivity index (χ0) is 27.2. The number of sulfonamides is 1. The van der Waals surface area contributed by atoms with E-state index in [1.165, 1.54) is 10.6 Å². The van der Waals surface area contributed by atoms with E-state index in [0.29, 0.717) is 56.8 Å². The lowest BCUT2D eigenvalue weighted by Gasteiger charge is -2.58. The highest BCUT2D eigenvalue weighted by atomic mass is 32.2. The molecule has 2 amide bonds. The zero-order valence-electron chi connectivity index (χ0n) is 22.8. The molecular formula is C29H42N4O5S. The molecule has 3 heterocycles. The molecule has 4 aliphatic carbocycles. The highest BCUT2D eigenvalue weighted by molar-refractivity contribution is 7.88. The number of urea groups is 1. The SMILES string of the molecule is CS(=O)(=O)N1CCN(c2ccc(C3(O)CC4CCC(C3)N4C(=O)NC3C4CC5CC3CC(O)(C5)C4)cc2)CC1. The van der Waals surface area contributed by atoms with Gasteiger partial charge in [0.1, 0.15) is 0 Å². The Morgan fingerprint density at radius 1 is 0.897 bits per heavy atom. The Labute approximate surface area is 231 Å². The lowest BCUT2D eigenvalue weighted by molar-refractivity contribution is -0.137. The summed E-state index contributed by atoms with van der Waals surface area (Å²) in [6.45, 7) is 2.26. The first-order chi connectivity index (χ1) is 18.5. The lowest BCUT2D eigenvalue weighted by Crippen LogP contribution is -2.64. The number of aliphatic hydroxyl groups is 2. The van der Waals surface area contributed by atoms with Crippen LogP contribution in [0.5, 0.6) is 0 Å². The Morgan fingerprint density at radius 2 is 1.49 bits per heavy atom. The maximum absolute atomic E-state index is 13.6. The van der Waals surface area contributed by atoms with Crippen LogP contribution in [-0.4, -0.2) is 90.0 Å². The number of carbonyl (C=O) groups excluding carboxylic acids is 1. The van der Waals surface area contributed by atoms with Gasteiger partial charge in [0.05, 0.1) is 17.5 Å². The number of amides is 2. The fourth-order valence-electron chi connectivity index (χ4n) is 9.49. The third-order valence-electron chi connectivity index (χ3n) is 11.0. The molecule has 214 valence electrons. The number of nitrogens with one attached hydrogen (secondary N) is 1. The summed E-state index contributed by atoms with van der Waals surface area (Å²) in [5, 5.41) is 26.1. The molecule has 6 bridgehead atoms. The van der Waals surface area contributed by atoms with E-state index in [2.05, 4.69) is 10.2 Å². The first kappa shape index (κ1) is 26.0. The molecule has 39 heavy (non-hydrogen) atoms. The Morgan fingerprint density at radius 3 is 2.03 bits per heavy atom. The van der Waals surface area contributed by atoms with Gasteiger partial charge in [0.2, 0.25) is 10.0 Å². The highest BCUT2D eigenvalue weighted by Crippen LogP contribution is 2.56. The molecule has 1 aromatic rings. The van der Waals surface area contributed by atoms with Crippen molar-refractivity contribution >= 4 is 21.7 Å². The monoisotopic (exact) mass is 558 g/mol. The van der Waals surface area contributed by atoms with Crippen LogP contribution in [0.2, 0.25) is 0 Å². The Bertz CT molecular complexity index is 1200. The van der Waals surface area contributed by atoms with E-state index >= 15 is 0 Å².